The summed E-state index contributed by atoms with van der Waals surface area (Å²) in [6.45, 7) is 0. The summed E-state index contributed by atoms with van der Waals surface area (Å²) in [5.41, 5.74) is 0. The molecule has 0 unspecified atom stereocenters. The zero-order chi connectivity index (χ0) is 14.0. The maximum absolute atomic E-state index is 12.2. The van der Waals surface area contributed by atoms with Gasteiger partial charge in [-0.15, -0.1) is 0 Å². The summed E-state index contributed by atoms with van der Waals surface area (Å²) in [7, 11) is -3.83. The monoisotopic (exact) mass is 380 g/mol. The highest BCUT2D eigenvalue weighted by Crippen LogP contribution is 2.28. The number of benzene rings is 1. The molecule has 100 valence electrons. The molecule has 0 spiro atoms. The van der Waals surface area contributed by atoms with Gasteiger partial charge in [0.05, 0.1) is 10.0 Å². The molecule has 0 aliphatic heterocycles. The average molecular weight is 382 g/mol. The third-order valence-corrected chi connectivity index (χ3v) is 4.79. The molecule has 0 atom stereocenters. The number of nitrogens with one attached hydrogen (secondary N) is 1. The molecule has 0 bridgehead atoms. The highest BCUT2D eigenvalue weighted by Gasteiger charge is 2.19. The first-order chi connectivity index (χ1) is 8.90. The number of aromatic nitrogens is 1. The van der Waals surface area contributed by atoms with Gasteiger partial charge in [-0.25, -0.2) is 13.4 Å². The molecule has 0 fully saturated rings. The van der Waals surface area contributed by atoms with Crippen molar-refractivity contribution in [2.24, 2.45) is 0 Å². The van der Waals surface area contributed by atoms with E-state index < -0.39 is 10.0 Å². The molecule has 1 N–H and O–H groups in total. The summed E-state index contributed by atoms with van der Waals surface area (Å²) in [6, 6.07) is 7.62. The van der Waals surface area contributed by atoms with Crippen LogP contribution in [0.15, 0.2) is 45.9 Å². The predicted octanol–water partition coefficient (Wildman–Crippen LogP) is 3.95. The molecule has 0 saturated heterocycles. The standard InChI is InChI=1S/C11H7BrCl2N2O2S/c12-7-3-4-10(9(14)6-7)19(17,18)16-11-8(13)2-1-5-15-11/h1-6H,(H,15,16). The maximum Gasteiger partial charge on any atom is 0.264 e. The lowest BCUT2D eigenvalue weighted by Crippen LogP contribution is -2.14. The second-order valence-electron chi connectivity index (χ2n) is 3.51. The largest absolute Gasteiger partial charge is 0.264 e. The minimum atomic E-state index is -3.83. The lowest BCUT2D eigenvalue weighted by molar-refractivity contribution is 0.601. The van der Waals surface area contributed by atoms with Crippen molar-refractivity contribution in [3.8, 4) is 0 Å². The Labute approximate surface area is 128 Å². The van der Waals surface area contributed by atoms with Crippen LogP contribution in [-0.2, 0) is 10.0 Å². The van der Waals surface area contributed by atoms with E-state index in [4.69, 9.17) is 23.2 Å². The van der Waals surface area contributed by atoms with Crippen LogP contribution in [0, 0.1) is 0 Å². The Morgan fingerprint density at radius 2 is 1.89 bits per heavy atom. The molecule has 2 aromatic rings. The van der Waals surface area contributed by atoms with Crippen molar-refractivity contribution >= 4 is 55.0 Å². The normalized spacial score (nSPS) is 11.3. The molecule has 4 nitrogen and oxygen atoms in total. The van der Waals surface area contributed by atoms with Gasteiger partial charge in [-0.05, 0) is 30.3 Å². The van der Waals surface area contributed by atoms with E-state index in [1.165, 1.54) is 24.4 Å². The van der Waals surface area contributed by atoms with E-state index in [2.05, 4.69) is 25.6 Å². The summed E-state index contributed by atoms with van der Waals surface area (Å²) in [5.74, 6) is 0.0585. The number of hydrogen-bond donors (Lipinski definition) is 1. The van der Waals surface area contributed by atoms with Crippen molar-refractivity contribution in [3.63, 3.8) is 0 Å². The average Bonchev–Trinajstić information content (AvgIpc) is 2.31. The fourth-order valence-corrected chi connectivity index (χ4v) is 3.63. The molecule has 1 heterocycles. The molecular weight excluding hydrogens is 375 g/mol. The van der Waals surface area contributed by atoms with Gasteiger partial charge in [0, 0.05) is 10.7 Å². The van der Waals surface area contributed by atoms with Crippen LogP contribution in [0.3, 0.4) is 0 Å². The summed E-state index contributed by atoms with van der Waals surface area (Å²) < 4.78 is 27.3. The van der Waals surface area contributed by atoms with Gasteiger partial charge >= 0.3 is 0 Å². The molecule has 0 aliphatic rings. The fraction of sp³-hybridized carbons (Fsp3) is 0. The van der Waals surface area contributed by atoms with Crippen molar-refractivity contribution in [1.29, 1.82) is 0 Å². The summed E-state index contributed by atoms with van der Waals surface area (Å²) >= 11 is 15.0. The van der Waals surface area contributed by atoms with Gasteiger partial charge in [0.1, 0.15) is 4.90 Å². The Hall–Kier alpha value is -0.820. The molecular formula is C11H7BrCl2N2O2S. The minimum Gasteiger partial charge on any atom is -0.262 e. The number of rotatable bonds is 3. The van der Waals surface area contributed by atoms with Crippen LogP contribution in [-0.4, -0.2) is 13.4 Å². The SMILES string of the molecule is O=S(=O)(Nc1ncccc1Cl)c1ccc(Br)cc1Cl. The molecule has 1 aromatic heterocycles. The lowest BCUT2D eigenvalue weighted by atomic mass is 10.4. The summed E-state index contributed by atoms with van der Waals surface area (Å²) in [5, 5.41) is 0.313. The van der Waals surface area contributed by atoms with E-state index in [9.17, 15) is 8.42 Å². The molecule has 0 amide bonds. The van der Waals surface area contributed by atoms with Crippen LogP contribution in [0.5, 0.6) is 0 Å². The topological polar surface area (TPSA) is 59.1 Å². The molecule has 1 aromatic carbocycles. The van der Waals surface area contributed by atoms with E-state index in [1.54, 1.807) is 12.1 Å². The molecule has 8 heteroatoms. The highest BCUT2D eigenvalue weighted by molar-refractivity contribution is 9.10. The summed E-state index contributed by atoms with van der Waals surface area (Å²) in [6.07, 6.45) is 1.44. The van der Waals surface area contributed by atoms with Gasteiger partial charge in [-0.1, -0.05) is 39.1 Å². The van der Waals surface area contributed by atoms with Crippen LogP contribution in [0.1, 0.15) is 0 Å². The van der Waals surface area contributed by atoms with Crippen molar-refractivity contribution in [2.75, 3.05) is 4.72 Å². The Morgan fingerprint density at radius 3 is 2.53 bits per heavy atom. The van der Waals surface area contributed by atoms with Gasteiger partial charge in [0.15, 0.2) is 5.82 Å². The number of halogens is 3. The lowest BCUT2D eigenvalue weighted by Gasteiger charge is -2.09. The minimum absolute atomic E-state index is 0.0425. The number of pyridine rings is 1. The molecule has 0 aliphatic carbocycles. The predicted molar refractivity (Wildman–Crippen MR) is 79.2 cm³/mol. The first kappa shape index (κ1) is 14.6. The van der Waals surface area contributed by atoms with Crippen molar-refractivity contribution < 1.29 is 8.42 Å². The number of anilines is 1. The van der Waals surface area contributed by atoms with E-state index in [-0.39, 0.29) is 20.8 Å². The van der Waals surface area contributed by atoms with E-state index in [0.717, 1.165) is 0 Å². The van der Waals surface area contributed by atoms with E-state index in [0.29, 0.717) is 4.47 Å². The van der Waals surface area contributed by atoms with Gasteiger partial charge in [0.2, 0.25) is 0 Å². The number of nitrogens with zero attached hydrogens (tertiary/aromatic N) is 1. The van der Waals surface area contributed by atoms with Gasteiger partial charge < -0.3 is 0 Å². The van der Waals surface area contributed by atoms with E-state index in [1.807, 2.05) is 0 Å². The van der Waals surface area contributed by atoms with Crippen molar-refractivity contribution in [3.05, 3.63) is 51.0 Å². The molecule has 2 rings (SSSR count). The van der Waals surface area contributed by atoms with Gasteiger partial charge in [0.25, 0.3) is 10.0 Å². The Morgan fingerprint density at radius 1 is 1.16 bits per heavy atom. The zero-order valence-electron chi connectivity index (χ0n) is 9.27. The fourth-order valence-electron chi connectivity index (χ4n) is 1.34. The van der Waals surface area contributed by atoms with Crippen molar-refractivity contribution in [2.45, 2.75) is 4.90 Å². The summed E-state index contributed by atoms with van der Waals surface area (Å²) in [4.78, 5) is 3.82. The third-order valence-electron chi connectivity index (χ3n) is 2.17. The number of hydrogen-bond acceptors (Lipinski definition) is 3. The Kier molecular flexibility index (Phi) is 4.35. The third kappa shape index (κ3) is 3.39. The quantitative estimate of drug-likeness (QED) is 0.875. The smallest absolute Gasteiger partial charge is 0.262 e. The van der Waals surface area contributed by atoms with E-state index >= 15 is 0 Å². The van der Waals surface area contributed by atoms with Gasteiger partial charge in [-0.3, -0.25) is 4.72 Å². The van der Waals surface area contributed by atoms with Crippen LogP contribution < -0.4 is 4.72 Å². The Balaban J connectivity index is 2.41. The maximum atomic E-state index is 12.2. The second kappa shape index (κ2) is 5.66. The second-order valence-corrected chi connectivity index (χ2v) is 6.89. The molecule has 0 radical (unpaired) electrons. The molecule has 19 heavy (non-hydrogen) atoms. The number of sulfonamides is 1. The highest BCUT2D eigenvalue weighted by atomic mass is 79.9. The van der Waals surface area contributed by atoms with Crippen LogP contribution in [0.25, 0.3) is 0 Å². The van der Waals surface area contributed by atoms with Crippen LogP contribution in [0.4, 0.5) is 5.82 Å². The van der Waals surface area contributed by atoms with Crippen molar-refractivity contribution in [1.82, 2.24) is 4.98 Å². The first-order valence-corrected chi connectivity index (χ1v) is 8.02. The van der Waals surface area contributed by atoms with Crippen LogP contribution in [0.2, 0.25) is 10.0 Å². The molecule has 0 saturated carbocycles. The zero-order valence-corrected chi connectivity index (χ0v) is 13.2. The van der Waals surface area contributed by atoms with Crippen LogP contribution >= 0.6 is 39.1 Å². The first-order valence-electron chi connectivity index (χ1n) is 4.98. The Bertz CT molecular complexity index is 722. The van der Waals surface area contributed by atoms with Gasteiger partial charge in [-0.2, -0.15) is 0 Å².